The molecule has 2 atom stereocenters. The fraction of sp³-hybridized carbons (Fsp3) is 0.0635. The normalized spacial score (nSPS) is 14.1. The van der Waals surface area contributed by atoms with Crippen molar-refractivity contribution in [2.45, 2.75) is 52.6 Å². The Morgan fingerprint density at radius 1 is 0.214 bits per heavy atom. The molecule has 0 bridgehead atoms. The van der Waals surface area contributed by atoms with Crippen molar-refractivity contribution in [2.24, 2.45) is 9.98 Å². The molecule has 668 valence electrons. The van der Waals surface area contributed by atoms with E-state index in [2.05, 4.69) is 399 Å². The number of nitrogens with one attached hydrogen (secondary N) is 2. The first kappa shape index (κ1) is 86.8. The summed E-state index contributed by atoms with van der Waals surface area (Å²) in [5, 5.41) is 11.7. The molecule has 0 radical (unpaired) electrons. The largest absolute Gasteiger partial charge is 0.338 e. The van der Waals surface area contributed by atoms with Crippen LogP contribution in [0.3, 0.4) is 0 Å². The predicted octanol–water partition coefficient (Wildman–Crippen LogP) is 31.4. The minimum atomic E-state index is -0.200. The van der Waals surface area contributed by atoms with Gasteiger partial charge in [-0.25, -0.2) is 39.9 Å². The summed E-state index contributed by atoms with van der Waals surface area (Å²) in [4.78, 5) is 59.0. The van der Waals surface area contributed by atoms with Gasteiger partial charge in [-0.3, -0.25) is 9.98 Å². The predicted molar refractivity (Wildman–Crippen MR) is 581 cm³/mol. The number of benzene rings is 14. The van der Waals surface area contributed by atoms with Gasteiger partial charge in [0.2, 0.25) is 0 Å². The first-order valence-corrected chi connectivity index (χ1v) is 48.4. The van der Waals surface area contributed by atoms with Crippen LogP contribution in [-0.2, 0) is 12.8 Å². The molecule has 4 aliphatic rings. The summed E-state index contributed by atoms with van der Waals surface area (Å²) in [5.74, 6) is 2.97. The Hall–Kier alpha value is -17.3. The van der Waals surface area contributed by atoms with Gasteiger partial charge in [0.05, 0.1) is 77.7 Å². The molecule has 2 aliphatic carbocycles. The number of nitrogens with zero attached hydrogens (tertiary/aromatic N) is 10. The van der Waals surface area contributed by atoms with E-state index in [-0.39, 0.29) is 26.9 Å². The lowest BCUT2D eigenvalue weighted by Crippen LogP contribution is -2.33. The first-order valence-electron chi connectivity index (χ1n) is 46.8. The monoisotopic (exact) mass is 1840 g/mol. The molecule has 140 heavy (non-hydrogen) atoms. The summed E-state index contributed by atoms with van der Waals surface area (Å²) in [6.07, 6.45) is 3.45. The second kappa shape index (κ2) is 37.8. The van der Waals surface area contributed by atoms with Crippen LogP contribution in [0.25, 0.3) is 188 Å². The summed E-state index contributed by atoms with van der Waals surface area (Å²) in [5.41, 5.74) is 35.3. The fourth-order valence-corrected chi connectivity index (χ4v) is 22.1. The van der Waals surface area contributed by atoms with Gasteiger partial charge >= 0.3 is 0 Å². The SMILES string of the molecule is C.C.c1ccc(-c2cc(-c3ccccc3)c3ccc4c(-c5ccc(-c6nc(-c7ccccc7)nc7c6ccc6c(-c8ccccc8)cc(-c8ccccc8)nc67)s5)nc(-c5ccccc5)nc4c3n2)cc1.c1ccc(C2=NC(c3ccc(C4N=C(c5ccccc5)NC5=C4CCc4c(-c6ccccc6)cc(-c6ccccc6)nc45)s3)C3=C(N2)c2nc(-c4ccccc4)cc(-c4ccccc4)c2CC3)cc1. The lowest BCUT2D eigenvalue weighted by molar-refractivity contribution is 0.741. The minimum Gasteiger partial charge on any atom is -0.338 e. The van der Waals surface area contributed by atoms with Crippen molar-refractivity contribution in [1.29, 1.82) is 0 Å². The maximum Gasteiger partial charge on any atom is 0.160 e. The number of fused-ring (bicyclic) bond motifs is 10. The molecule has 0 saturated heterocycles. The van der Waals surface area contributed by atoms with E-state index < -0.39 is 0 Å². The van der Waals surface area contributed by atoms with E-state index in [9.17, 15) is 0 Å². The molecule has 2 aliphatic heterocycles. The van der Waals surface area contributed by atoms with Gasteiger partial charge in [0, 0.05) is 75.8 Å². The van der Waals surface area contributed by atoms with Gasteiger partial charge in [0.25, 0.3) is 0 Å². The Morgan fingerprint density at radius 2 is 0.479 bits per heavy atom. The Kier molecular flexibility index (Phi) is 23.4. The lowest BCUT2D eigenvalue weighted by atomic mass is 9.83. The zero-order chi connectivity index (χ0) is 91.4. The van der Waals surface area contributed by atoms with Crippen molar-refractivity contribution in [3.63, 3.8) is 0 Å². The standard InChI is InChI=1S/C62H46N6S.C62H38N6S.2CH4/c2*1-7-19-39(20-8-1)49-37-51(41-23-11-3-12-24-41)63-57-45(49)31-33-47-55(65-61(67-59(47)57)43-27-15-5-16-28-43)53-35-36-54(69-53)56-48-34-32-46-50(40-21-9-2-10-22-40)38-52(42-25-13-4-14-26-42)64-58(46)60(48)68-62(66-56)44-29-17-6-18-30-44;;/h1-30,35-38,55-56H,31-34H2,(H,65,67)(H,66,68);1-38H;2*1H4. The fourth-order valence-electron chi connectivity index (χ4n) is 19.9. The van der Waals surface area contributed by atoms with Gasteiger partial charge in [-0.05, 0) is 153 Å². The number of pyridine rings is 4. The molecule has 0 saturated carbocycles. The third kappa shape index (κ3) is 16.4. The van der Waals surface area contributed by atoms with Crippen molar-refractivity contribution >= 4 is 89.4 Å². The second-order valence-corrected chi connectivity index (χ2v) is 37.2. The quantitative estimate of drug-likeness (QED) is 0.0895. The molecule has 2 N–H and O–H groups in total. The van der Waals surface area contributed by atoms with E-state index in [1.807, 2.05) is 59.9 Å². The molecule has 14 heteroatoms. The Bertz CT molecular complexity index is 8070. The van der Waals surface area contributed by atoms with E-state index in [4.69, 9.17) is 49.9 Å². The summed E-state index contributed by atoms with van der Waals surface area (Å²) < 4.78 is 0. The third-order valence-electron chi connectivity index (χ3n) is 26.6. The van der Waals surface area contributed by atoms with Gasteiger partial charge in [-0.15, -0.1) is 22.7 Å². The highest BCUT2D eigenvalue weighted by atomic mass is 32.1. The number of aliphatic imine (C=N–C) groups is 2. The maximum absolute atomic E-state index is 5.61. The molecular weight excluding hydrogens is 1750 g/mol. The highest BCUT2D eigenvalue weighted by Crippen LogP contribution is 2.52. The van der Waals surface area contributed by atoms with Crippen LogP contribution in [0.4, 0.5) is 0 Å². The van der Waals surface area contributed by atoms with Gasteiger partial charge in [0.1, 0.15) is 34.8 Å². The molecule has 22 aromatic rings. The number of rotatable bonds is 16. The highest BCUT2D eigenvalue weighted by molar-refractivity contribution is 7.19. The van der Waals surface area contributed by atoms with Crippen LogP contribution < -0.4 is 10.6 Å². The lowest BCUT2D eigenvalue weighted by Gasteiger charge is -2.33. The van der Waals surface area contributed by atoms with Crippen LogP contribution >= 0.6 is 22.7 Å². The summed E-state index contributed by atoms with van der Waals surface area (Å²) >= 11 is 3.50. The first-order chi connectivity index (χ1) is 68.4. The molecule has 8 aromatic heterocycles. The minimum absolute atomic E-state index is 0. The smallest absolute Gasteiger partial charge is 0.160 e. The number of amidine groups is 2. The molecule has 10 heterocycles. The van der Waals surface area contributed by atoms with Gasteiger partial charge in [-0.1, -0.05) is 391 Å². The van der Waals surface area contributed by atoms with Gasteiger partial charge in [-0.2, -0.15) is 0 Å². The number of thiophene rings is 2. The van der Waals surface area contributed by atoms with Crippen molar-refractivity contribution < 1.29 is 0 Å². The zero-order valence-corrected chi connectivity index (χ0v) is 76.5. The Balaban J connectivity index is 0.000000154. The maximum atomic E-state index is 5.61. The van der Waals surface area contributed by atoms with Gasteiger partial charge in [0.15, 0.2) is 11.6 Å². The van der Waals surface area contributed by atoms with Crippen molar-refractivity contribution in [3.05, 3.63) is 491 Å². The summed E-state index contributed by atoms with van der Waals surface area (Å²) in [6.45, 7) is 0. The Labute approximate surface area is 821 Å². The summed E-state index contributed by atoms with van der Waals surface area (Å²) in [7, 11) is 0. The summed E-state index contributed by atoms with van der Waals surface area (Å²) in [6, 6.07) is 152. The van der Waals surface area contributed by atoms with Crippen LogP contribution in [0.2, 0.25) is 0 Å². The number of aromatic nitrogens is 8. The van der Waals surface area contributed by atoms with Crippen LogP contribution in [-0.4, -0.2) is 51.5 Å². The van der Waals surface area contributed by atoms with Crippen LogP contribution in [0, 0.1) is 0 Å². The van der Waals surface area contributed by atoms with Crippen LogP contribution in [0.15, 0.2) is 458 Å². The average molecular weight is 1840 g/mol. The van der Waals surface area contributed by atoms with E-state index >= 15 is 0 Å². The molecule has 0 amide bonds. The zero-order valence-electron chi connectivity index (χ0n) is 74.8. The molecule has 0 fully saturated rings. The van der Waals surface area contributed by atoms with E-state index in [0.29, 0.717) is 11.6 Å². The molecule has 26 rings (SSSR count). The van der Waals surface area contributed by atoms with Crippen LogP contribution in [0.5, 0.6) is 0 Å². The number of hydrogen-bond donors (Lipinski definition) is 2. The second-order valence-electron chi connectivity index (χ2n) is 35.0. The van der Waals surface area contributed by atoms with E-state index in [0.717, 1.165) is 214 Å². The van der Waals surface area contributed by atoms with Crippen molar-refractivity contribution in [1.82, 2.24) is 50.5 Å². The molecular formula is C126H92N12S2. The van der Waals surface area contributed by atoms with Gasteiger partial charge < -0.3 is 10.6 Å². The average Bonchev–Trinajstić information content (AvgIpc) is 1.21. The Morgan fingerprint density at radius 3 is 0.800 bits per heavy atom. The van der Waals surface area contributed by atoms with Crippen molar-refractivity contribution in [2.75, 3.05) is 0 Å². The van der Waals surface area contributed by atoms with Crippen LogP contribution in [0.1, 0.15) is 83.2 Å². The van der Waals surface area contributed by atoms with E-state index in [1.165, 1.54) is 54.3 Å². The molecule has 14 aromatic carbocycles. The highest BCUT2D eigenvalue weighted by Gasteiger charge is 2.39. The van der Waals surface area contributed by atoms with Crippen molar-refractivity contribution in [3.8, 4) is 133 Å². The third-order valence-corrected chi connectivity index (χ3v) is 28.9. The number of hydrogen-bond acceptors (Lipinski definition) is 14. The molecule has 2 unspecified atom stereocenters. The molecule has 0 spiro atoms. The molecule has 12 nitrogen and oxygen atoms in total. The van der Waals surface area contributed by atoms with E-state index in [1.54, 1.807) is 11.3 Å². The topological polar surface area (TPSA) is 152 Å².